The second-order valence-corrected chi connectivity index (χ2v) is 6.59. The SMILES string of the molecule is COc1ccc(C(F)(F)F)cc1NC(=O)CCCn1nc(-c2cccnc2)ccc1=O. The van der Waals surface area contributed by atoms with Crippen LogP contribution in [0.25, 0.3) is 11.3 Å². The van der Waals surface area contributed by atoms with E-state index in [0.717, 1.165) is 23.8 Å². The summed E-state index contributed by atoms with van der Waals surface area (Å²) in [7, 11) is 1.30. The Bertz CT molecular complexity index is 1110. The van der Waals surface area contributed by atoms with E-state index in [2.05, 4.69) is 15.4 Å². The summed E-state index contributed by atoms with van der Waals surface area (Å²) in [6.07, 6.45) is -1.07. The zero-order valence-electron chi connectivity index (χ0n) is 16.5. The number of nitrogens with zero attached hydrogens (tertiary/aromatic N) is 3. The van der Waals surface area contributed by atoms with Crippen LogP contribution in [0.1, 0.15) is 18.4 Å². The minimum atomic E-state index is -4.54. The summed E-state index contributed by atoms with van der Waals surface area (Å²) in [5.74, 6) is -0.391. The maximum absolute atomic E-state index is 12.9. The molecule has 1 N–H and O–H groups in total. The molecule has 162 valence electrons. The number of methoxy groups -OCH3 is 1. The number of aromatic nitrogens is 3. The zero-order chi connectivity index (χ0) is 22.4. The molecule has 0 bridgehead atoms. The van der Waals surface area contributed by atoms with Gasteiger partial charge < -0.3 is 10.1 Å². The Labute approximate surface area is 175 Å². The number of carbonyl (C=O) groups is 1. The second kappa shape index (κ2) is 9.41. The monoisotopic (exact) mass is 432 g/mol. The van der Waals surface area contributed by atoms with E-state index >= 15 is 0 Å². The highest BCUT2D eigenvalue weighted by Gasteiger charge is 2.31. The van der Waals surface area contributed by atoms with Gasteiger partial charge in [-0.3, -0.25) is 14.6 Å². The number of carbonyl (C=O) groups excluding carboxylic acids is 1. The van der Waals surface area contributed by atoms with Crippen molar-refractivity contribution in [3.05, 3.63) is 70.8 Å². The average Bonchev–Trinajstić information content (AvgIpc) is 2.75. The van der Waals surface area contributed by atoms with Crippen molar-refractivity contribution in [2.45, 2.75) is 25.6 Å². The minimum Gasteiger partial charge on any atom is -0.495 e. The predicted molar refractivity (Wildman–Crippen MR) is 108 cm³/mol. The van der Waals surface area contributed by atoms with Gasteiger partial charge in [0.05, 0.1) is 24.1 Å². The number of amides is 1. The summed E-state index contributed by atoms with van der Waals surface area (Å²) >= 11 is 0. The normalized spacial score (nSPS) is 11.2. The molecule has 3 aromatic rings. The fourth-order valence-corrected chi connectivity index (χ4v) is 2.86. The van der Waals surface area contributed by atoms with Gasteiger partial charge in [-0.25, -0.2) is 4.68 Å². The van der Waals surface area contributed by atoms with E-state index in [-0.39, 0.29) is 36.4 Å². The molecule has 2 aromatic heterocycles. The van der Waals surface area contributed by atoms with E-state index in [4.69, 9.17) is 4.74 Å². The maximum atomic E-state index is 12.9. The van der Waals surface area contributed by atoms with Gasteiger partial charge in [-0.05, 0) is 42.8 Å². The van der Waals surface area contributed by atoms with Crippen LogP contribution in [-0.4, -0.2) is 27.8 Å². The lowest BCUT2D eigenvalue weighted by molar-refractivity contribution is -0.137. The van der Waals surface area contributed by atoms with Crippen LogP contribution >= 0.6 is 0 Å². The molecule has 10 heteroatoms. The summed E-state index contributed by atoms with van der Waals surface area (Å²) in [4.78, 5) is 28.3. The van der Waals surface area contributed by atoms with Crippen molar-refractivity contribution >= 4 is 11.6 Å². The van der Waals surface area contributed by atoms with Crippen molar-refractivity contribution in [1.82, 2.24) is 14.8 Å². The molecule has 0 atom stereocenters. The molecule has 7 nitrogen and oxygen atoms in total. The molecule has 0 saturated heterocycles. The van der Waals surface area contributed by atoms with Gasteiger partial charge in [-0.2, -0.15) is 18.3 Å². The molecule has 0 unspecified atom stereocenters. The number of hydrogen-bond acceptors (Lipinski definition) is 5. The molecule has 0 aliphatic rings. The van der Waals surface area contributed by atoms with E-state index < -0.39 is 17.6 Å². The molecule has 2 heterocycles. The number of anilines is 1. The van der Waals surface area contributed by atoms with Gasteiger partial charge in [0.15, 0.2) is 0 Å². The third kappa shape index (κ3) is 5.68. The largest absolute Gasteiger partial charge is 0.495 e. The van der Waals surface area contributed by atoms with Crippen LogP contribution in [0.4, 0.5) is 18.9 Å². The number of pyridine rings is 1. The quantitative estimate of drug-likeness (QED) is 0.615. The Morgan fingerprint density at radius 3 is 2.68 bits per heavy atom. The number of halogens is 3. The van der Waals surface area contributed by atoms with Crippen molar-refractivity contribution in [1.29, 1.82) is 0 Å². The second-order valence-electron chi connectivity index (χ2n) is 6.59. The van der Waals surface area contributed by atoms with E-state index in [0.29, 0.717) is 5.69 Å². The van der Waals surface area contributed by atoms with Gasteiger partial charge in [-0.15, -0.1) is 0 Å². The number of rotatable bonds is 7. The lowest BCUT2D eigenvalue weighted by atomic mass is 10.1. The summed E-state index contributed by atoms with van der Waals surface area (Å²) in [5.41, 5.74) is 0.00634. The first-order chi connectivity index (χ1) is 14.8. The standard InChI is InChI=1S/C21H19F3N4O3/c1-31-18-8-6-15(21(22,23)24)12-17(18)26-19(29)5-3-11-28-20(30)9-7-16(27-28)14-4-2-10-25-13-14/h2,4,6-10,12-13H,3,5,11H2,1H3,(H,26,29). The van der Waals surface area contributed by atoms with Crippen molar-refractivity contribution in [3.8, 4) is 17.0 Å². The molecule has 31 heavy (non-hydrogen) atoms. The van der Waals surface area contributed by atoms with Crippen molar-refractivity contribution < 1.29 is 22.7 Å². The van der Waals surface area contributed by atoms with Crippen molar-refractivity contribution in [2.75, 3.05) is 12.4 Å². The fraction of sp³-hybridized carbons (Fsp3) is 0.238. The molecule has 3 rings (SSSR count). The van der Waals surface area contributed by atoms with Crippen LogP contribution in [-0.2, 0) is 17.5 Å². The van der Waals surface area contributed by atoms with Gasteiger partial charge in [0.25, 0.3) is 5.56 Å². The van der Waals surface area contributed by atoms with Crippen LogP contribution in [0, 0.1) is 0 Å². The number of aryl methyl sites for hydroxylation is 1. The predicted octanol–water partition coefficient (Wildman–Crippen LogP) is 3.75. The third-order valence-corrected chi connectivity index (χ3v) is 4.40. The lowest BCUT2D eigenvalue weighted by Crippen LogP contribution is -2.23. The van der Waals surface area contributed by atoms with Crippen LogP contribution in [0.2, 0.25) is 0 Å². The molecule has 0 fully saturated rings. The first-order valence-corrected chi connectivity index (χ1v) is 9.31. The smallest absolute Gasteiger partial charge is 0.416 e. The van der Waals surface area contributed by atoms with E-state index in [1.807, 2.05) is 0 Å². The molecular formula is C21H19F3N4O3. The molecule has 1 aromatic carbocycles. The molecule has 0 saturated carbocycles. The Hall–Kier alpha value is -3.69. The Morgan fingerprint density at radius 1 is 1.19 bits per heavy atom. The summed E-state index contributed by atoms with van der Waals surface area (Å²) < 4.78 is 45.0. The third-order valence-electron chi connectivity index (χ3n) is 4.40. The highest BCUT2D eigenvalue weighted by molar-refractivity contribution is 5.92. The molecule has 0 aliphatic heterocycles. The first-order valence-electron chi connectivity index (χ1n) is 9.31. The molecule has 0 radical (unpaired) electrons. The van der Waals surface area contributed by atoms with Gasteiger partial charge in [0.2, 0.25) is 5.91 Å². The molecule has 1 amide bonds. The fourth-order valence-electron chi connectivity index (χ4n) is 2.86. The van der Waals surface area contributed by atoms with Gasteiger partial charge in [0, 0.05) is 37.0 Å². The van der Waals surface area contributed by atoms with Crippen molar-refractivity contribution in [3.63, 3.8) is 0 Å². The number of nitrogens with one attached hydrogen (secondary N) is 1. The van der Waals surface area contributed by atoms with Gasteiger partial charge in [0.1, 0.15) is 5.75 Å². The van der Waals surface area contributed by atoms with Crippen molar-refractivity contribution in [2.24, 2.45) is 0 Å². The minimum absolute atomic E-state index is 0.0232. The van der Waals surface area contributed by atoms with E-state index in [1.54, 1.807) is 30.6 Å². The number of ether oxygens (including phenoxy) is 1. The Kier molecular flexibility index (Phi) is 6.68. The topological polar surface area (TPSA) is 86.1 Å². The highest BCUT2D eigenvalue weighted by atomic mass is 19.4. The van der Waals surface area contributed by atoms with E-state index in [1.165, 1.54) is 17.9 Å². The summed E-state index contributed by atoms with van der Waals surface area (Å²) in [6.45, 7) is 0.167. The van der Waals surface area contributed by atoms with Crippen LogP contribution in [0.15, 0.2) is 59.7 Å². The average molecular weight is 432 g/mol. The van der Waals surface area contributed by atoms with Gasteiger partial charge in [-0.1, -0.05) is 0 Å². The van der Waals surface area contributed by atoms with E-state index in [9.17, 15) is 22.8 Å². The van der Waals surface area contributed by atoms with Crippen LogP contribution < -0.4 is 15.6 Å². The highest BCUT2D eigenvalue weighted by Crippen LogP contribution is 2.35. The molecule has 0 aliphatic carbocycles. The number of alkyl halides is 3. The summed E-state index contributed by atoms with van der Waals surface area (Å²) in [6, 6.07) is 9.36. The maximum Gasteiger partial charge on any atom is 0.416 e. The van der Waals surface area contributed by atoms with Crippen LogP contribution in [0.3, 0.4) is 0 Å². The van der Waals surface area contributed by atoms with Gasteiger partial charge >= 0.3 is 6.18 Å². The number of hydrogen-bond donors (Lipinski definition) is 1. The molecule has 0 spiro atoms. The Morgan fingerprint density at radius 2 is 2.00 bits per heavy atom. The lowest BCUT2D eigenvalue weighted by Gasteiger charge is -2.14. The zero-order valence-corrected chi connectivity index (χ0v) is 16.5. The number of benzene rings is 1. The Balaban J connectivity index is 1.64. The first kappa shape index (κ1) is 22.0. The summed E-state index contributed by atoms with van der Waals surface area (Å²) in [5, 5.41) is 6.71. The van der Waals surface area contributed by atoms with Crippen LogP contribution in [0.5, 0.6) is 5.75 Å². The molecular weight excluding hydrogens is 413 g/mol.